The minimum Gasteiger partial charge on any atom is -0.396 e. The number of hydrogen-bond donors (Lipinski definition) is 2. The first-order chi connectivity index (χ1) is 11.2. The van der Waals surface area contributed by atoms with Gasteiger partial charge >= 0.3 is 0 Å². The van der Waals surface area contributed by atoms with Gasteiger partial charge < -0.3 is 10.4 Å². The maximum atomic E-state index is 12.9. The molecule has 6 heteroatoms. The van der Waals surface area contributed by atoms with Crippen LogP contribution in [0.3, 0.4) is 0 Å². The highest BCUT2D eigenvalue weighted by Crippen LogP contribution is 2.23. The van der Waals surface area contributed by atoms with Gasteiger partial charge in [-0.2, -0.15) is 5.10 Å². The lowest BCUT2D eigenvalue weighted by Gasteiger charge is -2.27. The van der Waals surface area contributed by atoms with Crippen LogP contribution in [-0.4, -0.2) is 33.4 Å². The van der Waals surface area contributed by atoms with E-state index in [-0.39, 0.29) is 24.4 Å². The second kappa shape index (κ2) is 6.91. The second-order valence-corrected chi connectivity index (χ2v) is 6.00. The molecule has 0 aliphatic heterocycles. The molecule has 1 aromatic heterocycles. The van der Waals surface area contributed by atoms with Gasteiger partial charge in [-0.15, -0.1) is 0 Å². The van der Waals surface area contributed by atoms with Crippen molar-refractivity contribution < 1.29 is 14.3 Å². The lowest BCUT2D eigenvalue weighted by atomic mass is 9.86. The molecule has 2 aromatic rings. The van der Waals surface area contributed by atoms with Gasteiger partial charge in [0.25, 0.3) is 5.91 Å². The molecule has 0 unspecified atom stereocenters. The normalized spacial score (nSPS) is 21.1. The molecular formula is C17H20FN3O2. The van der Waals surface area contributed by atoms with E-state index in [4.69, 9.17) is 5.11 Å². The Bertz CT molecular complexity index is 661. The molecule has 23 heavy (non-hydrogen) atoms. The quantitative estimate of drug-likeness (QED) is 0.909. The smallest absolute Gasteiger partial charge is 0.272 e. The fourth-order valence-electron chi connectivity index (χ4n) is 2.93. The van der Waals surface area contributed by atoms with Gasteiger partial charge in [0.15, 0.2) is 5.69 Å². The zero-order chi connectivity index (χ0) is 16.2. The number of hydrogen-bond acceptors (Lipinski definition) is 3. The number of amides is 1. The van der Waals surface area contributed by atoms with E-state index in [1.54, 1.807) is 29.1 Å². The first-order valence-corrected chi connectivity index (χ1v) is 7.89. The Hall–Kier alpha value is -2.21. The van der Waals surface area contributed by atoms with Crippen molar-refractivity contribution in [1.29, 1.82) is 0 Å². The van der Waals surface area contributed by atoms with Gasteiger partial charge in [0.1, 0.15) is 5.82 Å². The number of nitrogens with one attached hydrogen (secondary N) is 1. The van der Waals surface area contributed by atoms with Crippen LogP contribution in [0.2, 0.25) is 0 Å². The minimum absolute atomic E-state index is 0.140. The Balaban J connectivity index is 1.61. The number of halogens is 1. The molecule has 1 aromatic carbocycles. The van der Waals surface area contributed by atoms with Gasteiger partial charge in [-0.1, -0.05) is 0 Å². The number of aromatic nitrogens is 2. The molecule has 0 bridgehead atoms. The minimum atomic E-state index is -0.308. The van der Waals surface area contributed by atoms with Gasteiger partial charge in [0.2, 0.25) is 0 Å². The van der Waals surface area contributed by atoms with Crippen molar-refractivity contribution in [3.05, 3.63) is 48.0 Å². The van der Waals surface area contributed by atoms with Crippen molar-refractivity contribution >= 4 is 5.91 Å². The summed E-state index contributed by atoms with van der Waals surface area (Å²) in [4.78, 5) is 12.3. The second-order valence-electron chi connectivity index (χ2n) is 6.00. The van der Waals surface area contributed by atoms with Gasteiger partial charge in [-0.25, -0.2) is 9.07 Å². The van der Waals surface area contributed by atoms with Crippen LogP contribution in [0, 0.1) is 11.7 Å². The molecule has 1 saturated carbocycles. The highest BCUT2D eigenvalue weighted by molar-refractivity contribution is 5.92. The Morgan fingerprint density at radius 1 is 1.22 bits per heavy atom. The molecule has 0 atom stereocenters. The van der Waals surface area contributed by atoms with E-state index in [0.717, 1.165) is 25.7 Å². The van der Waals surface area contributed by atoms with Crippen molar-refractivity contribution in [1.82, 2.24) is 15.1 Å². The van der Waals surface area contributed by atoms with E-state index in [1.165, 1.54) is 12.1 Å². The van der Waals surface area contributed by atoms with Crippen LogP contribution in [-0.2, 0) is 0 Å². The average molecular weight is 317 g/mol. The summed E-state index contributed by atoms with van der Waals surface area (Å²) in [6.45, 7) is 0.225. The lowest BCUT2D eigenvalue weighted by molar-refractivity contribution is 0.0908. The van der Waals surface area contributed by atoms with E-state index >= 15 is 0 Å². The number of aliphatic hydroxyl groups is 1. The summed E-state index contributed by atoms with van der Waals surface area (Å²) >= 11 is 0. The standard InChI is InChI=1S/C17H20FN3O2/c18-13-3-7-15(8-4-13)21-10-9-16(20-21)17(23)19-14-5-1-12(11-22)2-6-14/h3-4,7-10,12,14,22H,1-2,5-6,11H2,(H,19,23). The summed E-state index contributed by atoms with van der Waals surface area (Å²) in [6.07, 6.45) is 5.33. The molecule has 1 aliphatic rings. The van der Waals surface area contributed by atoms with Crippen LogP contribution in [0.1, 0.15) is 36.2 Å². The van der Waals surface area contributed by atoms with Crippen LogP contribution in [0.5, 0.6) is 0 Å². The first kappa shape index (κ1) is 15.7. The van der Waals surface area contributed by atoms with E-state index < -0.39 is 0 Å². The monoisotopic (exact) mass is 317 g/mol. The van der Waals surface area contributed by atoms with Crippen LogP contribution >= 0.6 is 0 Å². The number of nitrogens with zero attached hydrogens (tertiary/aromatic N) is 2. The van der Waals surface area contributed by atoms with Crippen LogP contribution in [0.4, 0.5) is 4.39 Å². The summed E-state index contributed by atoms with van der Waals surface area (Å²) in [5.41, 5.74) is 1.05. The van der Waals surface area contributed by atoms with Gasteiger partial charge in [-0.3, -0.25) is 4.79 Å². The van der Waals surface area contributed by atoms with Crippen LogP contribution < -0.4 is 5.32 Å². The number of rotatable bonds is 4. The van der Waals surface area contributed by atoms with E-state index in [2.05, 4.69) is 10.4 Å². The van der Waals surface area contributed by atoms with Crippen LogP contribution in [0.15, 0.2) is 36.5 Å². The predicted octanol–water partition coefficient (Wildman–Crippen LogP) is 2.29. The van der Waals surface area contributed by atoms with E-state index in [0.29, 0.717) is 17.3 Å². The van der Waals surface area contributed by atoms with Gasteiger partial charge in [0.05, 0.1) is 5.69 Å². The molecule has 0 radical (unpaired) electrons. The molecule has 1 aliphatic carbocycles. The van der Waals surface area contributed by atoms with Gasteiger partial charge in [0, 0.05) is 18.8 Å². The summed E-state index contributed by atoms with van der Waals surface area (Å²) in [5.74, 6) is -0.142. The van der Waals surface area contributed by atoms with Crippen molar-refractivity contribution in [2.45, 2.75) is 31.7 Å². The van der Waals surface area contributed by atoms with Crippen LogP contribution in [0.25, 0.3) is 5.69 Å². The third kappa shape index (κ3) is 3.76. The lowest BCUT2D eigenvalue weighted by Crippen LogP contribution is -2.38. The first-order valence-electron chi connectivity index (χ1n) is 7.89. The molecule has 1 amide bonds. The highest BCUT2D eigenvalue weighted by Gasteiger charge is 2.23. The third-order valence-electron chi connectivity index (χ3n) is 4.35. The predicted molar refractivity (Wildman–Crippen MR) is 83.8 cm³/mol. The van der Waals surface area contributed by atoms with Gasteiger partial charge in [-0.05, 0) is 61.9 Å². The zero-order valence-corrected chi connectivity index (χ0v) is 12.8. The number of carbonyl (C=O) groups excluding carboxylic acids is 1. The molecule has 0 spiro atoms. The molecule has 1 heterocycles. The SMILES string of the molecule is O=C(NC1CCC(CO)CC1)c1ccn(-c2ccc(F)cc2)n1. The summed E-state index contributed by atoms with van der Waals surface area (Å²) in [7, 11) is 0. The Morgan fingerprint density at radius 2 is 1.91 bits per heavy atom. The Kier molecular flexibility index (Phi) is 4.71. The molecule has 122 valence electrons. The van der Waals surface area contributed by atoms with E-state index in [9.17, 15) is 9.18 Å². The summed E-state index contributed by atoms with van der Waals surface area (Å²) in [6, 6.07) is 7.73. The Labute approximate surface area is 134 Å². The number of benzene rings is 1. The van der Waals surface area contributed by atoms with Crippen molar-refractivity contribution in [3.8, 4) is 5.69 Å². The number of carbonyl (C=O) groups is 1. The topological polar surface area (TPSA) is 67.2 Å². The number of aliphatic hydroxyl groups excluding tert-OH is 1. The molecule has 1 fully saturated rings. The molecule has 5 nitrogen and oxygen atoms in total. The fraction of sp³-hybridized carbons (Fsp3) is 0.412. The molecule has 3 rings (SSSR count). The van der Waals surface area contributed by atoms with Crippen molar-refractivity contribution in [3.63, 3.8) is 0 Å². The fourth-order valence-corrected chi connectivity index (χ4v) is 2.93. The maximum absolute atomic E-state index is 12.9. The summed E-state index contributed by atoms with van der Waals surface area (Å²) in [5, 5.41) is 16.4. The van der Waals surface area contributed by atoms with Crippen molar-refractivity contribution in [2.75, 3.05) is 6.61 Å². The molecular weight excluding hydrogens is 297 g/mol. The third-order valence-corrected chi connectivity index (χ3v) is 4.35. The molecule has 0 saturated heterocycles. The highest BCUT2D eigenvalue weighted by atomic mass is 19.1. The molecule has 2 N–H and O–H groups in total. The maximum Gasteiger partial charge on any atom is 0.272 e. The van der Waals surface area contributed by atoms with Crippen molar-refractivity contribution in [2.24, 2.45) is 5.92 Å². The van der Waals surface area contributed by atoms with E-state index in [1.807, 2.05) is 0 Å². The largest absolute Gasteiger partial charge is 0.396 e. The zero-order valence-electron chi connectivity index (χ0n) is 12.8. The Morgan fingerprint density at radius 3 is 2.57 bits per heavy atom. The average Bonchev–Trinajstić information content (AvgIpc) is 3.06. The summed E-state index contributed by atoms with van der Waals surface area (Å²) < 4.78 is 14.5.